The minimum absolute atomic E-state index is 0.253. The van der Waals surface area contributed by atoms with Crippen LogP contribution in [0.25, 0.3) is 0 Å². The van der Waals surface area contributed by atoms with Gasteiger partial charge in [0.2, 0.25) is 0 Å². The van der Waals surface area contributed by atoms with E-state index in [4.69, 9.17) is 4.74 Å². The van der Waals surface area contributed by atoms with Gasteiger partial charge in [-0.1, -0.05) is 36.4 Å². The van der Waals surface area contributed by atoms with Gasteiger partial charge in [0.15, 0.2) is 0 Å². The van der Waals surface area contributed by atoms with Gasteiger partial charge >= 0.3 is 6.09 Å². The fourth-order valence-corrected chi connectivity index (χ4v) is 2.73. The first-order chi connectivity index (χ1) is 10.8. The van der Waals surface area contributed by atoms with E-state index < -0.39 is 5.60 Å². The third-order valence-corrected chi connectivity index (χ3v) is 3.96. The van der Waals surface area contributed by atoms with E-state index in [0.717, 1.165) is 18.8 Å². The van der Waals surface area contributed by atoms with Crippen LogP contribution in [0.2, 0.25) is 0 Å². The van der Waals surface area contributed by atoms with Crippen molar-refractivity contribution in [1.29, 1.82) is 0 Å². The normalized spacial score (nSPS) is 21.5. The number of hydrogen-bond donors (Lipinski definition) is 0. The number of hydrogen-bond acceptors (Lipinski definition) is 3. The number of carbonyl (C=O) groups is 1. The Hall–Kier alpha value is -1.81. The van der Waals surface area contributed by atoms with E-state index in [1.165, 1.54) is 5.56 Å². The molecule has 4 nitrogen and oxygen atoms in total. The highest BCUT2D eigenvalue weighted by atomic mass is 16.6. The molecule has 0 aliphatic carbocycles. The maximum atomic E-state index is 12.4. The van der Waals surface area contributed by atoms with Crippen molar-refractivity contribution in [2.24, 2.45) is 0 Å². The summed E-state index contributed by atoms with van der Waals surface area (Å²) in [6.45, 7) is 12.1. The standard InChI is InChI=1S/C19H28N2O2/c1-6-17-14-20(13-16-10-8-7-9-11-16)15(2)12-21(17)18(22)23-19(3,4)5/h6-11,15H,12-14H2,1-5H3/b17-6+/t15-/m1/s1. The van der Waals surface area contributed by atoms with Gasteiger partial charge in [0.05, 0.1) is 0 Å². The maximum Gasteiger partial charge on any atom is 0.414 e. The van der Waals surface area contributed by atoms with Gasteiger partial charge in [-0.2, -0.15) is 0 Å². The van der Waals surface area contributed by atoms with Crippen molar-refractivity contribution in [1.82, 2.24) is 9.80 Å². The van der Waals surface area contributed by atoms with Crippen LogP contribution in [0.4, 0.5) is 4.79 Å². The Bertz CT molecular complexity index is 560. The van der Waals surface area contributed by atoms with Crippen molar-refractivity contribution < 1.29 is 9.53 Å². The van der Waals surface area contributed by atoms with Crippen LogP contribution in [0, 0.1) is 0 Å². The zero-order chi connectivity index (χ0) is 17.0. The molecule has 4 heteroatoms. The van der Waals surface area contributed by atoms with Gasteiger partial charge in [0.1, 0.15) is 5.60 Å². The molecule has 0 spiro atoms. The van der Waals surface area contributed by atoms with Crippen LogP contribution in [0.3, 0.4) is 0 Å². The Morgan fingerprint density at radius 2 is 1.96 bits per heavy atom. The van der Waals surface area contributed by atoms with E-state index in [2.05, 4.69) is 36.1 Å². The summed E-state index contributed by atoms with van der Waals surface area (Å²) in [5.74, 6) is 0. The lowest BCUT2D eigenvalue weighted by Crippen LogP contribution is -2.52. The molecule has 1 aliphatic rings. The maximum absolute atomic E-state index is 12.4. The van der Waals surface area contributed by atoms with E-state index in [1.807, 2.05) is 39.8 Å². The molecule has 1 aromatic rings. The fourth-order valence-electron chi connectivity index (χ4n) is 2.73. The first-order valence-electron chi connectivity index (χ1n) is 8.24. The highest BCUT2D eigenvalue weighted by Gasteiger charge is 2.32. The molecule has 0 saturated carbocycles. The van der Waals surface area contributed by atoms with Crippen LogP contribution in [0.1, 0.15) is 40.2 Å². The van der Waals surface area contributed by atoms with E-state index in [1.54, 1.807) is 4.90 Å². The fraction of sp³-hybridized carbons (Fsp3) is 0.526. The molecule has 0 bridgehead atoms. The van der Waals surface area contributed by atoms with Crippen LogP contribution in [-0.2, 0) is 11.3 Å². The Labute approximate surface area is 139 Å². The summed E-state index contributed by atoms with van der Waals surface area (Å²) in [5, 5.41) is 0. The number of piperazine rings is 1. The van der Waals surface area contributed by atoms with Crippen molar-refractivity contribution in [2.45, 2.75) is 52.8 Å². The van der Waals surface area contributed by atoms with Crippen molar-refractivity contribution in [3.05, 3.63) is 47.7 Å². The first kappa shape index (κ1) is 17.5. The molecule has 1 saturated heterocycles. The van der Waals surface area contributed by atoms with Gasteiger partial charge in [0.25, 0.3) is 0 Å². The van der Waals surface area contributed by atoms with Gasteiger partial charge in [-0.15, -0.1) is 0 Å². The second-order valence-electron chi connectivity index (χ2n) is 7.11. The molecule has 1 atom stereocenters. The molecule has 23 heavy (non-hydrogen) atoms. The Kier molecular flexibility index (Phi) is 5.47. The first-order valence-corrected chi connectivity index (χ1v) is 8.24. The number of benzene rings is 1. The summed E-state index contributed by atoms with van der Waals surface area (Å²) < 4.78 is 5.54. The molecule has 0 radical (unpaired) electrons. The average Bonchev–Trinajstić information content (AvgIpc) is 2.48. The van der Waals surface area contributed by atoms with Crippen LogP contribution in [-0.4, -0.2) is 40.6 Å². The minimum atomic E-state index is -0.472. The van der Waals surface area contributed by atoms with Crippen molar-refractivity contribution >= 4 is 6.09 Å². The highest BCUT2D eigenvalue weighted by molar-refractivity contribution is 5.70. The average molecular weight is 316 g/mol. The summed E-state index contributed by atoms with van der Waals surface area (Å²) in [6, 6.07) is 10.7. The summed E-state index contributed by atoms with van der Waals surface area (Å²) in [6.07, 6.45) is 1.75. The van der Waals surface area contributed by atoms with Crippen molar-refractivity contribution in [3.63, 3.8) is 0 Å². The molecule has 0 unspecified atom stereocenters. The van der Waals surface area contributed by atoms with E-state index >= 15 is 0 Å². The molecule has 1 aromatic carbocycles. The van der Waals surface area contributed by atoms with Gasteiger partial charge < -0.3 is 4.74 Å². The molecule has 1 fully saturated rings. The molecule has 126 valence electrons. The number of nitrogens with zero attached hydrogens (tertiary/aromatic N) is 2. The number of rotatable bonds is 2. The lowest BCUT2D eigenvalue weighted by atomic mass is 10.1. The number of amides is 1. The lowest BCUT2D eigenvalue weighted by Gasteiger charge is -2.41. The van der Waals surface area contributed by atoms with Gasteiger partial charge in [-0.05, 0) is 40.2 Å². The second kappa shape index (κ2) is 7.18. The Morgan fingerprint density at radius 3 is 2.52 bits per heavy atom. The van der Waals surface area contributed by atoms with E-state index in [9.17, 15) is 4.79 Å². The SMILES string of the molecule is C/C=C1\CN(Cc2ccccc2)[C@H](C)CN1C(=O)OC(C)(C)C. The van der Waals surface area contributed by atoms with Crippen LogP contribution >= 0.6 is 0 Å². The van der Waals surface area contributed by atoms with Gasteiger partial charge in [-0.3, -0.25) is 9.80 Å². The van der Waals surface area contributed by atoms with E-state index in [-0.39, 0.29) is 12.1 Å². The molecular formula is C19H28N2O2. The zero-order valence-corrected chi connectivity index (χ0v) is 14.9. The number of ether oxygens (including phenoxy) is 1. The van der Waals surface area contributed by atoms with Gasteiger partial charge in [0, 0.05) is 31.4 Å². The quantitative estimate of drug-likeness (QED) is 0.826. The molecule has 2 rings (SSSR count). The number of allylic oxidation sites excluding steroid dienone is 1. The summed E-state index contributed by atoms with van der Waals surface area (Å²) in [5.41, 5.74) is 1.83. The van der Waals surface area contributed by atoms with Crippen LogP contribution < -0.4 is 0 Å². The molecule has 1 heterocycles. The minimum Gasteiger partial charge on any atom is -0.443 e. The monoisotopic (exact) mass is 316 g/mol. The van der Waals surface area contributed by atoms with Gasteiger partial charge in [-0.25, -0.2) is 4.79 Å². The summed E-state index contributed by atoms with van der Waals surface area (Å²) in [7, 11) is 0. The number of carbonyl (C=O) groups excluding carboxylic acids is 1. The summed E-state index contributed by atoms with van der Waals surface area (Å²) in [4.78, 5) is 16.6. The largest absolute Gasteiger partial charge is 0.443 e. The van der Waals surface area contributed by atoms with Crippen molar-refractivity contribution in [3.8, 4) is 0 Å². The molecule has 1 amide bonds. The lowest BCUT2D eigenvalue weighted by molar-refractivity contribution is 0.0168. The third-order valence-electron chi connectivity index (χ3n) is 3.96. The molecule has 1 aliphatic heterocycles. The predicted molar refractivity (Wildman–Crippen MR) is 93.0 cm³/mol. The third kappa shape index (κ3) is 4.83. The van der Waals surface area contributed by atoms with Crippen molar-refractivity contribution in [2.75, 3.05) is 13.1 Å². The molecular weight excluding hydrogens is 288 g/mol. The predicted octanol–water partition coefficient (Wildman–Crippen LogP) is 4.03. The summed E-state index contributed by atoms with van der Waals surface area (Å²) >= 11 is 0. The smallest absolute Gasteiger partial charge is 0.414 e. The highest BCUT2D eigenvalue weighted by Crippen LogP contribution is 2.23. The van der Waals surface area contributed by atoms with E-state index in [0.29, 0.717) is 6.54 Å². The molecule has 0 aromatic heterocycles. The Balaban J connectivity index is 2.07. The second-order valence-corrected chi connectivity index (χ2v) is 7.11. The van der Waals surface area contributed by atoms with Crippen LogP contribution in [0.5, 0.6) is 0 Å². The van der Waals surface area contributed by atoms with Crippen LogP contribution in [0.15, 0.2) is 42.1 Å². The topological polar surface area (TPSA) is 32.8 Å². The Morgan fingerprint density at radius 1 is 1.30 bits per heavy atom. The zero-order valence-electron chi connectivity index (χ0n) is 14.9. The molecule has 0 N–H and O–H groups in total.